The van der Waals surface area contributed by atoms with Crippen molar-refractivity contribution in [2.24, 2.45) is 0 Å². The summed E-state index contributed by atoms with van der Waals surface area (Å²) >= 11 is 0. The molecular formula is C62H36N6. The summed E-state index contributed by atoms with van der Waals surface area (Å²) in [5, 5.41) is 31.3. The average Bonchev–Trinajstić information content (AvgIpc) is 4.13. The van der Waals surface area contributed by atoms with Gasteiger partial charge in [0.2, 0.25) is 0 Å². The number of fused-ring (bicyclic) bond motifs is 12. The number of para-hydroxylation sites is 6. The molecular weight excluding hydrogens is 829 g/mol. The van der Waals surface area contributed by atoms with Crippen LogP contribution in [0.15, 0.2) is 218 Å². The molecule has 14 aromatic rings. The molecule has 4 aromatic heterocycles. The fourth-order valence-corrected chi connectivity index (χ4v) is 11.2. The Kier molecular flexibility index (Phi) is 8.01. The lowest BCUT2D eigenvalue weighted by Crippen LogP contribution is -2.05. The van der Waals surface area contributed by atoms with E-state index < -0.39 is 0 Å². The quantitative estimate of drug-likeness (QED) is 0.173. The van der Waals surface area contributed by atoms with Crippen LogP contribution in [-0.2, 0) is 0 Å². The molecule has 0 fully saturated rings. The van der Waals surface area contributed by atoms with Gasteiger partial charge >= 0.3 is 0 Å². The molecule has 0 amide bonds. The van der Waals surface area contributed by atoms with Crippen LogP contribution < -0.4 is 0 Å². The van der Waals surface area contributed by atoms with Gasteiger partial charge in [0.25, 0.3) is 0 Å². The standard InChI is InChI=1S/C62H36N6/c63-37-39-15-1-2-16-43(39)40-33-61(67-57-27-13-7-21-48(57)50-35-41(29-31-59(50)67)65-53-23-9-3-17-44(53)45-18-4-10-24-54(45)65)52(38-64)62(34-40)68-58-28-14-8-22-49(58)51-36-42(30-32-60(51)68)66-55-25-11-5-19-46(55)47-20-6-12-26-56(47)66/h1-36H. The van der Waals surface area contributed by atoms with Crippen LogP contribution in [0.2, 0.25) is 0 Å². The largest absolute Gasteiger partial charge is 0.309 e. The molecule has 4 heterocycles. The molecule has 0 aliphatic heterocycles. The number of aromatic nitrogens is 4. The van der Waals surface area contributed by atoms with Gasteiger partial charge in [-0.05, 0) is 102 Å². The third kappa shape index (κ3) is 5.26. The van der Waals surface area contributed by atoms with E-state index in [-0.39, 0.29) is 0 Å². The van der Waals surface area contributed by atoms with E-state index in [0.29, 0.717) is 11.1 Å². The molecule has 0 N–H and O–H groups in total. The van der Waals surface area contributed by atoms with Crippen molar-refractivity contribution in [3.63, 3.8) is 0 Å². The van der Waals surface area contributed by atoms with Crippen LogP contribution in [0.3, 0.4) is 0 Å². The molecule has 0 aliphatic carbocycles. The van der Waals surface area contributed by atoms with E-state index in [4.69, 9.17) is 0 Å². The summed E-state index contributed by atoms with van der Waals surface area (Å²) in [6.45, 7) is 0. The van der Waals surface area contributed by atoms with Gasteiger partial charge in [0, 0.05) is 54.5 Å². The van der Waals surface area contributed by atoms with Crippen LogP contribution in [-0.4, -0.2) is 18.3 Å². The number of hydrogen-bond acceptors (Lipinski definition) is 2. The Hall–Kier alpha value is -9.62. The lowest BCUT2D eigenvalue weighted by molar-refractivity contribution is 1.11. The zero-order chi connectivity index (χ0) is 45.0. The fraction of sp³-hybridized carbons (Fsp3) is 0. The fourth-order valence-electron chi connectivity index (χ4n) is 11.2. The average molecular weight is 865 g/mol. The minimum absolute atomic E-state index is 0.520. The van der Waals surface area contributed by atoms with Crippen LogP contribution in [0.5, 0.6) is 0 Å². The van der Waals surface area contributed by atoms with Crippen LogP contribution in [0.1, 0.15) is 11.1 Å². The van der Waals surface area contributed by atoms with Gasteiger partial charge in [-0.25, -0.2) is 0 Å². The Morgan fingerprint density at radius 3 is 0.985 bits per heavy atom. The number of hydrogen-bond donors (Lipinski definition) is 0. The molecule has 6 heteroatoms. The molecule has 0 aliphatic rings. The topological polar surface area (TPSA) is 67.3 Å². The summed E-state index contributed by atoms with van der Waals surface area (Å²) in [4.78, 5) is 0. The molecule has 68 heavy (non-hydrogen) atoms. The molecule has 10 aromatic carbocycles. The molecule has 314 valence electrons. The zero-order valence-corrected chi connectivity index (χ0v) is 36.5. The number of rotatable bonds is 5. The highest BCUT2D eigenvalue weighted by Crippen LogP contribution is 2.43. The summed E-state index contributed by atoms with van der Waals surface area (Å²) in [5.74, 6) is 0. The lowest BCUT2D eigenvalue weighted by Gasteiger charge is -2.19. The molecule has 0 unspecified atom stereocenters. The van der Waals surface area contributed by atoms with Crippen molar-refractivity contribution in [3.8, 4) is 46.0 Å². The summed E-state index contributed by atoms with van der Waals surface area (Å²) in [6.07, 6.45) is 0. The first kappa shape index (κ1) is 37.7. The van der Waals surface area contributed by atoms with E-state index in [1.54, 1.807) is 0 Å². The van der Waals surface area contributed by atoms with Gasteiger partial charge in [0.05, 0.1) is 67.1 Å². The van der Waals surface area contributed by atoms with Crippen molar-refractivity contribution in [1.29, 1.82) is 10.5 Å². The van der Waals surface area contributed by atoms with Crippen molar-refractivity contribution in [1.82, 2.24) is 18.3 Å². The summed E-state index contributed by atoms with van der Waals surface area (Å²) < 4.78 is 9.19. The van der Waals surface area contributed by atoms with Crippen molar-refractivity contribution in [2.75, 3.05) is 0 Å². The van der Waals surface area contributed by atoms with Gasteiger partial charge in [-0.2, -0.15) is 10.5 Å². The minimum atomic E-state index is 0.520. The molecule has 6 nitrogen and oxygen atoms in total. The zero-order valence-electron chi connectivity index (χ0n) is 36.5. The van der Waals surface area contributed by atoms with Crippen molar-refractivity contribution in [2.45, 2.75) is 0 Å². The first-order valence-corrected chi connectivity index (χ1v) is 22.8. The predicted octanol–water partition coefficient (Wildman–Crippen LogP) is 15.5. The van der Waals surface area contributed by atoms with Crippen LogP contribution in [0.4, 0.5) is 0 Å². The van der Waals surface area contributed by atoms with Gasteiger partial charge in [-0.1, -0.05) is 127 Å². The maximum absolute atomic E-state index is 11.7. The van der Waals surface area contributed by atoms with E-state index >= 15 is 0 Å². The third-order valence-corrected chi connectivity index (χ3v) is 14.0. The first-order valence-electron chi connectivity index (χ1n) is 22.8. The molecule has 0 atom stereocenters. The number of nitrogens with zero attached hydrogens (tertiary/aromatic N) is 6. The van der Waals surface area contributed by atoms with Crippen molar-refractivity contribution in [3.05, 3.63) is 230 Å². The maximum Gasteiger partial charge on any atom is 0.104 e. The Balaban J connectivity index is 1.06. The normalized spacial score (nSPS) is 11.8. The highest BCUT2D eigenvalue weighted by molar-refractivity contribution is 6.14. The van der Waals surface area contributed by atoms with Gasteiger partial charge in [-0.15, -0.1) is 0 Å². The van der Waals surface area contributed by atoms with Crippen LogP contribution >= 0.6 is 0 Å². The Bertz CT molecular complexity index is 4180. The highest BCUT2D eigenvalue weighted by atomic mass is 15.0. The van der Waals surface area contributed by atoms with Crippen LogP contribution in [0.25, 0.3) is 121 Å². The molecule has 0 bridgehead atoms. The monoisotopic (exact) mass is 864 g/mol. The van der Waals surface area contributed by atoms with Gasteiger partial charge < -0.3 is 18.3 Å². The lowest BCUT2D eigenvalue weighted by atomic mass is 9.96. The van der Waals surface area contributed by atoms with Crippen molar-refractivity contribution < 1.29 is 0 Å². The van der Waals surface area contributed by atoms with E-state index in [2.05, 4.69) is 225 Å². The summed E-state index contributed by atoms with van der Waals surface area (Å²) in [6, 6.07) is 81.7. The minimum Gasteiger partial charge on any atom is -0.309 e. The van der Waals surface area contributed by atoms with E-state index in [0.717, 1.165) is 99.6 Å². The third-order valence-electron chi connectivity index (χ3n) is 14.0. The second-order valence-electron chi connectivity index (χ2n) is 17.5. The smallest absolute Gasteiger partial charge is 0.104 e. The van der Waals surface area contributed by atoms with E-state index in [1.807, 2.05) is 24.3 Å². The molecule has 0 saturated carbocycles. The maximum atomic E-state index is 11.7. The van der Waals surface area contributed by atoms with Crippen molar-refractivity contribution >= 4 is 87.2 Å². The van der Waals surface area contributed by atoms with Gasteiger partial charge in [0.1, 0.15) is 11.6 Å². The molecule has 0 saturated heterocycles. The first-order chi connectivity index (χ1) is 33.7. The number of benzene rings is 10. The molecule has 0 radical (unpaired) electrons. The molecule has 0 spiro atoms. The Labute approximate surface area is 389 Å². The Morgan fingerprint density at radius 1 is 0.279 bits per heavy atom. The SMILES string of the molecule is N#Cc1ccccc1-c1cc(-n2c3ccccc3c3cc(-n4c5ccccc5c5ccccc54)ccc32)c(C#N)c(-n2c3ccccc3c3cc(-n4c5ccccc5c5ccccc54)ccc32)c1. The summed E-state index contributed by atoms with van der Waals surface area (Å²) in [5.41, 5.74) is 14.8. The van der Waals surface area contributed by atoms with Crippen LogP contribution in [0, 0.1) is 22.7 Å². The second-order valence-corrected chi connectivity index (χ2v) is 17.5. The Morgan fingerprint density at radius 2 is 0.603 bits per heavy atom. The molecule has 14 rings (SSSR count). The number of nitriles is 2. The second kappa shape index (κ2) is 14.4. The highest BCUT2D eigenvalue weighted by Gasteiger charge is 2.24. The predicted molar refractivity (Wildman–Crippen MR) is 279 cm³/mol. The summed E-state index contributed by atoms with van der Waals surface area (Å²) in [7, 11) is 0. The van der Waals surface area contributed by atoms with Gasteiger partial charge in [0.15, 0.2) is 0 Å². The van der Waals surface area contributed by atoms with Gasteiger partial charge in [-0.3, -0.25) is 0 Å². The van der Waals surface area contributed by atoms with E-state index in [1.165, 1.54) is 21.5 Å². The van der Waals surface area contributed by atoms with E-state index in [9.17, 15) is 10.5 Å².